The zero-order valence-electron chi connectivity index (χ0n) is 16.6. The molecule has 0 fully saturated rings. The fourth-order valence-electron chi connectivity index (χ4n) is 3.94. The second kappa shape index (κ2) is 7.92. The molecule has 7 heteroatoms. The first kappa shape index (κ1) is 19.4. The van der Waals surface area contributed by atoms with Gasteiger partial charge in [0.15, 0.2) is 0 Å². The smallest absolute Gasteiger partial charge is 0.261 e. The number of fused-ring (bicyclic) bond motifs is 1. The van der Waals surface area contributed by atoms with Crippen LogP contribution in [-0.4, -0.2) is 34.2 Å². The highest BCUT2D eigenvalue weighted by Crippen LogP contribution is 2.30. The normalized spacial score (nSPS) is 13.2. The summed E-state index contributed by atoms with van der Waals surface area (Å²) >= 11 is 1.55. The molecular formula is C24H19N3O3S. The highest BCUT2D eigenvalue weighted by molar-refractivity contribution is 7.18. The molecule has 0 atom stereocenters. The van der Waals surface area contributed by atoms with Gasteiger partial charge >= 0.3 is 0 Å². The summed E-state index contributed by atoms with van der Waals surface area (Å²) in [5.74, 6) is -0.730. The Bertz CT molecular complexity index is 1260. The number of hydrogen-bond acceptors (Lipinski definition) is 5. The molecule has 0 unspecified atom stereocenters. The van der Waals surface area contributed by atoms with E-state index in [1.54, 1.807) is 23.5 Å². The lowest BCUT2D eigenvalue weighted by Crippen LogP contribution is -2.41. The van der Waals surface area contributed by atoms with Gasteiger partial charge in [0.05, 0.1) is 16.8 Å². The van der Waals surface area contributed by atoms with Gasteiger partial charge < -0.3 is 5.32 Å². The van der Waals surface area contributed by atoms with Gasteiger partial charge in [-0.15, -0.1) is 11.3 Å². The second-order valence-corrected chi connectivity index (χ2v) is 8.54. The van der Waals surface area contributed by atoms with Crippen LogP contribution in [0.3, 0.4) is 0 Å². The molecule has 3 aromatic carbocycles. The summed E-state index contributed by atoms with van der Waals surface area (Å²) in [6.07, 6.45) is 0.634. The zero-order valence-corrected chi connectivity index (χ0v) is 17.4. The average Bonchev–Trinajstić information content (AvgIpc) is 3.21. The number of carbonyl (C=O) groups is 3. The Labute approximate surface area is 182 Å². The van der Waals surface area contributed by atoms with E-state index in [2.05, 4.69) is 10.3 Å². The minimum atomic E-state index is -0.302. The van der Waals surface area contributed by atoms with Gasteiger partial charge in [0.1, 0.15) is 5.01 Å². The van der Waals surface area contributed by atoms with Gasteiger partial charge in [0.25, 0.3) is 11.8 Å². The van der Waals surface area contributed by atoms with E-state index in [4.69, 9.17) is 0 Å². The molecule has 2 heterocycles. The highest BCUT2D eigenvalue weighted by atomic mass is 32.1. The number of hydrogen-bond donors (Lipinski definition) is 1. The van der Waals surface area contributed by atoms with E-state index in [1.165, 1.54) is 4.90 Å². The van der Waals surface area contributed by atoms with Crippen LogP contribution in [0.25, 0.3) is 21.0 Å². The first-order valence-corrected chi connectivity index (χ1v) is 10.9. The lowest BCUT2D eigenvalue weighted by atomic mass is 9.94. The molecule has 0 bridgehead atoms. The summed E-state index contributed by atoms with van der Waals surface area (Å²) < 4.78 is 1.09. The molecule has 0 spiro atoms. The minimum Gasteiger partial charge on any atom is -0.350 e. The molecule has 1 aliphatic rings. The number of amides is 3. The van der Waals surface area contributed by atoms with Crippen molar-refractivity contribution in [3.05, 3.63) is 76.8 Å². The Morgan fingerprint density at radius 2 is 1.65 bits per heavy atom. The van der Waals surface area contributed by atoms with Gasteiger partial charge in [0.2, 0.25) is 5.91 Å². The first-order valence-electron chi connectivity index (χ1n) is 10.1. The first-order chi connectivity index (χ1) is 15.1. The predicted octanol–water partition coefficient (Wildman–Crippen LogP) is 4.14. The number of carbonyl (C=O) groups excluding carboxylic acids is 3. The topological polar surface area (TPSA) is 79.4 Å². The maximum atomic E-state index is 12.9. The molecule has 154 valence electrons. The quantitative estimate of drug-likeness (QED) is 0.467. The Morgan fingerprint density at radius 3 is 2.35 bits per heavy atom. The van der Waals surface area contributed by atoms with E-state index in [-0.39, 0.29) is 30.7 Å². The van der Waals surface area contributed by atoms with Crippen molar-refractivity contribution < 1.29 is 14.4 Å². The van der Waals surface area contributed by atoms with E-state index in [0.29, 0.717) is 29.5 Å². The van der Waals surface area contributed by atoms with Crippen LogP contribution < -0.4 is 5.32 Å². The third-order valence-electron chi connectivity index (χ3n) is 5.42. The maximum absolute atomic E-state index is 12.9. The highest BCUT2D eigenvalue weighted by Gasteiger charge is 2.32. The lowest BCUT2D eigenvalue weighted by Gasteiger charge is -2.27. The standard InChI is InChI=1S/C24H19N3O3S/c28-20(25-14-21-26-18-10-1-2-11-19(18)31-21)12-5-13-27-23(29)16-8-3-6-15-7-4-9-17(22(15)16)24(27)30/h1-4,6-11H,5,12-14H2,(H,25,28). The van der Waals surface area contributed by atoms with Gasteiger partial charge in [0, 0.05) is 29.5 Å². The number of rotatable bonds is 6. The summed E-state index contributed by atoms with van der Waals surface area (Å²) in [7, 11) is 0. The Balaban J connectivity index is 1.20. The van der Waals surface area contributed by atoms with Crippen LogP contribution in [0.1, 0.15) is 38.6 Å². The van der Waals surface area contributed by atoms with Crippen LogP contribution in [0.2, 0.25) is 0 Å². The van der Waals surface area contributed by atoms with Crippen molar-refractivity contribution in [2.24, 2.45) is 0 Å². The summed E-state index contributed by atoms with van der Waals surface area (Å²) in [6, 6.07) is 18.8. The fourth-order valence-corrected chi connectivity index (χ4v) is 4.85. The van der Waals surface area contributed by atoms with E-state index in [9.17, 15) is 14.4 Å². The third kappa shape index (κ3) is 3.57. The lowest BCUT2D eigenvalue weighted by molar-refractivity contribution is -0.121. The molecule has 3 amide bonds. The largest absolute Gasteiger partial charge is 0.350 e. The van der Waals surface area contributed by atoms with Crippen LogP contribution in [0.4, 0.5) is 0 Å². The van der Waals surface area contributed by atoms with E-state index >= 15 is 0 Å². The number of nitrogens with one attached hydrogen (secondary N) is 1. The van der Waals surface area contributed by atoms with Crippen molar-refractivity contribution in [3.8, 4) is 0 Å². The number of aromatic nitrogens is 1. The van der Waals surface area contributed by atoms with Crippen molar-refractivity contribution >= 4 is 50.0 Å². The average molecular weight is 430 g/mol. The van der Waals surface area contributed by atoms with Crippen LogP contribution in [0, 0.1) is 0 Å². The molecule has 0 aliphatic carbocycles. The molecule has 0 radical (unpaired) electrons. The molecule has 6 nitrogen and oxygen atoms in total. The van der Waals surface area contributed by atoms with Crippen molar-refractivity contribution in [1.29, 1.82) is 0 Å². The Kier molecular flexibility index (Phi) is 4.95. The van der Waals surface area contributed by atoms with Crippen LogP contribution >= 0.6 is 11.3 Å². The van der Waals surface area contributed by atoms with Crippen LogP contribution in [0.5, 0.6) is 0 Å². The number of para-hydroxylation sites is 1. The van der Waals surface area contributed by atoms with Crippen molar-refractivity contribution in [3.63, 3.8) is 0 Å². The Morgan fingerprint density at radius 1 is 0.935 bits per heavy atom. The van der Waals surface area contributed by atoms with E-state index < -0.39 is 0 Å². The summed E-state index contributed by atoms with van der Waals surface area (Å²) in [6.45, 7) is 0.575. The molecular weight excluding hydrogens is 410 g/mol. The van der Waals surface area contributed by atoms with Gasteiger partial charge in [-0.25, -0.2) is 4.98 Å². The molecule has 1 aromatic heterocycles. The van der Waals surface area contributed by atoms with Crippen molar-refractivity contribution in [2.45, 2.75) is 19.4 Å². The minimum absolute atomic E-state index is 0.126. The predicted molar refractivity (Wildman–Crippen MR) is 120 cm³/mol. The van der Waals surface area contributed by atoms with Gasteiger partial charge in [-0.2, -0.15) is 0 Å². The fraction of sp³-hybridized carbons (Fsp3) is 0.167. The number of imide groups is 1. The zero-order chi connectivity index (χ0) is 21.4. The van der Waals surface area contributed by atoms with E-state index in [1.807, 2.05) is 48.5 Å². The molecule has 31 heavy (non-hydrogen) atoms. The van der Waals surface area contributed by atoms with Gasteiger partial charge in [-0.3, -0.25) is 19.3 Å². The molecule has 0 saturated carbocycles. The number of nitrogens with zero attached hydrogens (tertiary/aromatic N) is 2. The second-order valence-electron chi connectivity index (χ2n) is 7.43. The molecule has 1 N–H and O–H groups in total. The van der Waals surface area contributed by atoms with Crippen molar-refractivity contribution in [1.82, 2.24) is 15.2 Å². The number of benzene rings is 3. The van der Waals surface area contributed by atoms with Gasteiger partial charge in [-0.05, 0) is 36.1 Å². The molecule has 1 aliphatic heterocycles. The van der Waals surface area contributed by atoms with E-state index in [0.717, 1.165) is 20.6 Å². The van der Waals surface area contributed by atoms with Crippen LogP contribution in [0.15, 0.2) is 60.7 Å². The Hall–Kier alpha value is -3.58. The van der Waals surface area contributed by atoms with Crippen molar-refractivity contribution in [2.75, 3.05) is 6.54 Å². The number of thiazole rings is 1. The van der Waals surface area contributed by atoms with Gasteiger partial charge in [-0.1, -0.05) is 36.4 Å². The summed E-state index contributed by atoms with van der Waals surface area (Å²) in [5.41, 5.74) is 2.00. The SMILES string of the molecule is O=C(CCCN1C(=O)c2cccc3cccc(c23)C1=O)NCc1nc2ccccc2s1. The summed E-state index contributed by atoms with van der Waals surface area (Å²) in [4.78, 5) is 43.8. The molecule has 5 rings (SSSR count). The maximum Gasteiger partial charge on any atom is 0.261 e. The third-order valence-corrected chi connectivity index (χ3v) is 6.45. The molecule has 0 saturated heterocycles. The monoisotopic (exact) mass is 429 g/mol. The molecule has 4 aromatic rings. The summed E-state index contributed by atoms with van der Waals surface area (Å²) in [5, 5.41) is 5.31. The van der Waals surface area contributed by atoms with Crippen LogP contribution in [-0.2, 0) is 11.3 Å².